The molecule has 0 radical (unpaired) electrons. The second-order valence-electron chi connectivity index (χ2n) is 6.93. The van der Waals surface area contributed by atoms with Crippen LogP contribution in [0, 0.1) is 11.8 Å². The maximum atomic E-state index is 13.0. The van der Waals surface area contributed by atoms with E-state index in [0.29, 0.717) is 17.4 Å². The maximum absolute atomic E-state index is 13.0. The molecule has 7 heteroatoms. The fourth-order valence-corrected chi connectivity index (χ4v) is 5.06. The van der Waals surface area contributed by atoms with E-state index in [4.69, 9.17) is 11.6 Å². The van der Waals surface area contributed by atoms with E-state index in [0.717, 1.165) is 30.6 Å². The van der Waals surface area contributed by atoms with Crippen LogP contribution in [0.1, 0.15) is 37.5 Å². The zero-order chi connectivity index (χ0) is 18.8. The van der Waals surface area contributed by atoms with Crippen LogP contribution in [0.5, 0.6) is 0 Å². The van der Waals surface area contributed by atoms with Crippen LogP contribution in [-0.4, -0.2) is 40.1 Å². The second kappa shape index (κ2) is 7.92. The minimum absolute atomic E-state index is 0.182. The molecule has 0 bridgehead atoms. The molecule has 1 saturated heterocycles. The molecule has 26 heavy (non-hydrogen) atoms. The number of hydrogen-bond donors (Lipinski definition) is 0. The molecule has 0 aromatic carbocycles. The van der Waals surface area contributed by atoms with Gasteiger partial charge in [0.1, 0.15) is 6.04 Å². The summed E-state index contributed by atoms with van der Waals surface area (Å²) in [6.45, 7) is 6.09. The molecular weight excluding hydrogens is 372 g/mol. The summed E-state index contributed by atoms with van der Waals surface area (Å²) in [6.07, 6.45) is 5.08. The zero-order valence-corrected chi connectivity index (χ0v) is 16.4. The highest BCUT2D eigenvalue weighted by molar-refractivity contribution is 7.16. The van der Waals surface area contributed by atoms with Gasteiger partial charge in [0.15, 0.2) is 0 Å². The van der Waals surface area contributed by atoms with Crippen molar-refractivity contribution in [1.82, 2.24) is 9.80 Å². The van der Waals surface area contributed by atoms with Crippen molar-refractivity contribution in [3.8, 4) is 0 Å². The van der Waals surface area contributed by atoms with Crippen molar-refractivity contribution in [2.24, 2.45) is 11.8 Å². The fourth-order valence-electron chi connectivity index (χ4n) is 3.96. The first kappa shape index (κ1) is 19.1. The van der Waals surface area contributed by atoms with E-state index in [2.05, 4.69) is 6.58 Å². The van der Waals surface area contributed by atoms with Crippen molar-refractivity contribution < 1.29 is 14.4 Å². The second-order valence-corrected chi connectivity index (χ2v) is 8.73. The summed E-state index contributed by atoms with van der Waals surface area (Å²) in [4.78, 5) is 42.3. The Labute approximate surface area is 162 Å². The Morgan fingerprint density at radius 1 is 1.35 bits per heavy atom. The molecule has 0 N–H and O–H groups in total. The normalized spacial score (nSPS) is 23.7. The van der Waals surface area contributed by atoms with Gasteiger partial charge < -0.3 is 4.90 Å². The Morgan fingerprint density at radius 3 is 2.46 bits per heavy atom. The predicted octanol–water partition coefficient (Wildman–Crippen LogP) is 3.48. The molecule has 0 spiro atoms. The van der Waals surface area contributed by atoms with Gasteiger partial charge in [-0.3, -0.25) is 19.3 Å². The van der Waals surface area contributed by atoms with Gasteiger partial charge in [-0.25, -0.2) is 0 Å². The standard InChI is InChI=1S/C19H23ClN2O3S/c1-3-10-21(11-13-8-9-16(20)26-13)17(23)12(2)22-18(24)14-6-4-5-7-15(14)19(22)25/h3,8-9,12,14-15H,1,4-7,10-11H2,2H3. The molecule has 1 aliphatic carbocycles. The van der Waals surface area contributed by atoms with Crippen molar-refractivity contribution in [2.75, 3.05) is 6.54 Å². The van der Waals surface area contributed by atoms with Gasteiger partial charge in [0.2, 0.25) is 17.7 Å². The molecule has 3 amide bonds. The Bertz CT molecular complexity index is 708. The predicted molar refractivity (Wildman–Crippen MR) is 102 cm³/mol. The van der Waals surface area contributed by atoms with Crippen LogP contribution in [0.4, 0.5) is 0 Å². The highest BCUT2D eigenvalue weighted by atomic mass is 35.5. The number of thiophene rings is 1. The summed E-state index contributed by atoms with van der Waals surface area (Å²) in [5.41, 5.74) is 0. The number of fused-ring (bicyclic) bond motifs is 1. The average Bonchev–Trinajstić information content (AvgIpc) is 3.15. The van der Waals surface area contributed by atoms with Gasteiger partial charge >= 0.3 is 0 Å². The number of nitrogens with zero attached hydrogens (tertiary/aromatic N) is 2. The molecule has 5 nitrogen and oxygen atoms in total. The quantitative estimate of drug-likeness (QED) is 0.548. The Balaban J connectivity index is 1.76. The van der Waals surface area contributed by atoms with Crippen LogP contribution in [0.25, 0.3) is 0 Å². The lowest BCUT2D eigenvalue weighted by atomic mass is 9.81. The lowest BCUT2D eigenvalue weighted by Gasteiger charge is -2.29. The van der Waals surface area contributed by atoms with E-state index in [1.807, 2.05) is 6.07 Å². The van der Waals surface area contributed by atoms with Gasteiger partial charge in [0, 0.05) is 11.4 Å². The SMILES string of the molecule is C=CCN(Cc1ccc(Cl)s1)C(=O)C(C)N1C(=O)C2CCCCC2C1=O. The van der Waals surface area contributed by atoms with Crippen LogP contribution < -0.4 is 0 Å². The molecule has 2 aliphatic rings. The van der Waals surface area contributed by atoms with Crippen LogP contribution >= 0.6 is 22.9 Å². The fraction of sp³-hybridized carbons (Fsp3) is 0.526. The van der Waals surface area contributed by atoms with Gasteiger partial charge in [-0.15, -0.1) is 17.9 Å². The van der Waals surface area contributed by atoms with E-state index >= 15 is 0 Å². The number of imide groups is 1. The molecule has 3 atom stereocenters. The lowest BCUT2D eigenvalue weighted by molar-refractivity contribution is -0.151. The molecule has 2 heterocycles. The number of hydrogen-bond acceptors (Lipinski definition) is 4. The largest absolute Gasteiger partial charge is 0.332 e. The van der Waals surface area contributed by atoms with Gasteiger partial charge in [-0.05, 0) is 31.9 Å². The molecular formula is C19H23ClN2O3S. The first-order valence-electron chi connectivity index (χ1n) is 8.95. The number of likely N-dealkylation sites (tertiary alicyclic amines) is 1. The van der Waals surface area contributed by atoms with Crippen LogP contribution in [0.3, 0.4) is 0 Å². The van der Waals surface area contributed by atoms with Crippen molar-refractivity contribution >= 4 is 40.7 Å². The summed E-state index contributed by atoms with van der Waals surface area (Å²) in [5.74, 6) is -1.09. The Kier molecular flexibility index (Phi) is 5.82. The van der Waals surface area contributed by atoms with Crippen molar-refractivity contribution in [3.05, 3.63) is 34.0 Å². The number of amides is 3. The van der Waals surface area contributed by atoms with Crippen LogP contribution in [0.2, 0.25) is 4.34 Å². The molecule has 3 unspecified atom stereocenters. The third-order valence-electron chi connectivity index (χ3n) is 5.26. The van der Waals surface area contributed by atoms with Gasteiger partial charge in [0.25, 0.3) is 0 Å². The molecule has 1 saturated carbocycles. The first-order chi connectivity index (χ1) is 12.4. The highest BCUT2D eigenvalue weighted by Gasteiger charge is 2.51. The van der Waals surface area contributed by atoms with Crippen molar-refractivity contribution in [2.45, 2.75) is 45.2 Å². The van der Waals surface area contributed by atoms with Gasteiger partial charge in [0.05, 0.1) is 22.7 Å². The number of rotatable bonds is 6. The summed E-state index contributed by atoms with van der Waals surface area (Å²) < 4.78 is 0.660. The number of carbonyl (C=O) groups excluding carboxylic acids is 3. The van der Waals surface area contributed by atoms with Crippen molar-refractivity contribution in [1.29, 1.82) is 0 Å². The molecule has 3 rings (SSSR count). The highest BCUT2D eigenvalue weighted by Crippen LogP contribution is 2.39. The summed E-state index contributed by atoms with van der Waals surface area (Å²) >= 11 is 7.38. The van der Waals surface area contributed by atoms with Crippen LogP contribution in [-0.2, 0) is 20.9 Å². The van der Waals surface area contributed by atoms with E-state index < -0.39 is 6.04 Å². The van der Waals surface area contributed by atoms with Gasteiger partial charge in [-0.1, -0.05) is 30.5 Å². The average molecular weight is 395 g/mol. The van der Waals surface area contributed by atoms with Crippen molar-refractivity contribution in [3.63, 3.8) is 0 Å². The summed E-state index contributed by atoms with van der Waals surface area (Å²) in [6, 6.07) is 2.87. The smallest absolute Gasteiger partial charge is 0.246 e. The zero-order valence-electron chi connectivity index (χ0n) is 14.8. The lowest BCUT2D eigenvalue weighted by Crippen LogP contribution is -2.49. The minimum Gasteiger partial charge on any atom is -0.332 e. The summed E-state index contributed by atoms with van der Waals surface area (Å²) in [5, 5.41) is 0. The molecule has 1 aliphatic heterocycles. The van der Waals surface area contributed by atoms with Gasteiger partial charge in [-0.2, -0.15) is 0 Å². The van der Waals surface area contributed by atoms with E-state index in [-0.39, 0.29) is 29.6 Å². The minimum atomic E-state index is -0.795. The van der Waals surface area contributed by atoms with E-state index in [1.165, 1.54) is 16.2 Å². The third kappa shape index (κ3) is 3.58. The molecule has 2 fully saturated rings. The first-order valence-corrected chi connectivity index (χ1v) is 10.1. The molecule has 1 aromatic rings. The van der Waals surface area contributed by atoms with E-state index in [1.54, 1.807) is 24.0 Å². The van der Waals surface area contributed by atoms with Crippen LogP contribution in [0.15, 0.2) is 24.8 Å². The monoisotopic (exact) mass is 394 g/mol. The number of halogens is 1. The van der Waals surface area contributed by atoms with E-state index in [9.17, 15) is 14.4 Å². The summed E-state index contributed by atoms with van der Waals surface area (Å²) in [7, 11) is 0. The molecule has 1 aromatic heterocycles. The number of carbonyl (C=O) groups is 3. The topological polar surface area (TPSA) is 57.7 Å². The third-order valence-corrected chi connectivity index (χ3v) is 6.47. The maximum Gasteiger partial charge on any atom is 0.246 e. The Hall–Kier alpha value is -1.66. The Morgan fingerprint density at radius 2 is 1.96 bits per heavy atom. The molecule has 140 valence electrons.